The van der Waals surface area contributed by atoms with E-state index in [0.717, 1.165) is 16.9 Å². The standard InChI is InChI=1S/C15H11ClF3NO2S/c1-8-2-4-9(5-3-8)13(15(17,18)19)20-14(22)12(21)10-6-7-11(16)23-10/h2-7,13H,1H3,(H,20,22). The molecule has 1 N–H and O–H groups in total. The molecule has 3 nitrogen and oxygen atoms in total. The van der Waals surface area contributed by atoms with Gasteiger partial charge >= 0.3 is 6.18 Å². The Morgan fingerprint density at radius 1 is 1.13 bits per heavy atom. The number of hydrogen-bond acceptors (Lipinski definition) is 3. The lowest BCUT2D eigenvalue weighted by Gasteiger charge is -2.21. The zero-order valence-electron chi connectivity index (χ0n) is 11.8. The van der Waals surface area contributed by atoms with Crippen LogP contribution in [0.4, 0.5) is 13.2 Å². The van der Waals surface area contributed by atoms with Crippen LogP contribution in [0.2, 0.25) is 4.34 Å². The summed E-state index contributed by atoms with van der Waals surface area (Å²) < 4.78 is 39.8. The van der Waals surface area contributed by atoms with Gasteiger partial charge in [-0.25, -0.2) is 0 Å². The van der Waals surface area contributed by atoms with Gasteiger partial charge in [0.05, 0.1) is 9.21 Å². The van der Waals surface area contributed by atoms with Crippen LogP contribution in [-0.4, -0.2) is 17.9 Å². The van der Waals surface area contributed by atoms with Gasteiger partial charge in [-0.3, -0.25) is 9.59 Å². The molecule has 1 unspecified atom stereocenters. The minimum atomic E-state index is -4.72. The van der Waals surface area contributed by atoms with Crippen molar-refractivity contribution in [1.29, 1.82) is 0 Å². The van der Waals surface area contributed by atoms with Crippen molar-refractivity contribution in [3.05, 3.63) is 56.7 Å². The van der Waals surface area contributed by atoms with E-state index in [4.69, 9.17) is 11.6 Å². The van der Waals surface area contributed by atoms with Gasteiger partial charge in [0, 0.05) is 0 Å². The molecule has 0 aliphatic heterocycles. The highest BCUT2D eigenvalue weighted by atomic mass is 35.5. The number of rotatable bonds is 4. The average Bonchev–Trinajstić information content (AvgIpc) is 2.90. The third-order valence-electron chi connectivity index (χ3n) is 3.02. The Balaban J connectivity index is 2.23. The van der Waals surface area contributed by atoms with Gasteiger partial charge in [0.1, 0.15) is 0 Å². The van der Waals surface area contributed by atoms with E-state index >= 15 is 0 Å². The molecule has 1 heterocycles. The number of aryl methyl sites for hydroxylation is 1. The van der Waals surface area contributed by atoms with Crippen LogP contribution in [0.25, 0.3) is 0 Å². The van der Waals surface area contributed by atoms with E-state index < -0.39 is 23.9 Å². The van der Waals surface area contributed by atoms with Gasteiger partial charge < -0.3 is 5.32 Å². The van der Waals surface area contributed by atoms with Crippen LogP contribution < -0.4 is 5.32 Å². The van der Waals surface area contributed by atoms with Crippen LogP contribution in [0.1, 0.15) is 26.8 Å². The number of thiophene rings is 1. The smallest absolute Gasteiger partial charge is 0.334 e. The molecule has 23 heavy (non-hydrogen) atoms. The molecule has 0 bridgehead atoms. The zero-order chi connectivity index (χ0) is 17.2. The maximum absolute atomic E-state index is 13.2. The summed E-state index contributed by atoms with van der Waals surface area (Å²) in [5.41, 5.74) is 0.638. The molecule has 1 aromatic carbocycles. The fraction of sp³-hybridized carbons (Fsp3) is 0.200. The Morgan fingerprint density at radius 2 is 1.74 bits per heavy atom. The van der Waals surface area contributed by atoms with Crippen molar-refractivity contribution in [3.8, 4) is 0 Å². The van der Waals surface area contributed by atoms with Crippen LogP contribution in [-0.2, 0) is 4.79 Å². The summed E-state index contributed by atoms with van der Waals surface area (Å²) in [5.74, 6) is -2.38. The summed E-state index contributed by atoms with van der Waals surface area (Å²) in [6.45, 7) is 1.73. The number of halogens is 4. The molecule has 0 aliphatic carbocycles. The fourth-order valence-corrected chi connectivity index (χ4v) is 2.84. The summed E-state index contributed by atoms with van der Waals surface area (Å²) >= 11 is 6.48. The minimum absolute atomic E-state index is 0.0164. The Hall–Kier alpha value is -1.86. The van der Waals surface area contributed by atoms with Crippen molar-refractivity contribution in [2.75, 3.05) is 0 Å². The second-order valence-corrected chi connectivity index (χ2v) is 6.51. The lowest BCUT2D eigenvalue weighted by atomic mass is 10.0. The van der Waals surface area contributed by atoms with Gasteiger partial charge in [0.2, 0.25) is 0 Å². The topological polar surface area (TPSA) is 46.2 Å². The van der Waals surface area contributed by atoms with E-state index in [-0.39, 0.29) is 14.8 Å². The molecular formula is C15H11ClF3NO2S. The van der Waals surface area contributed by atoms with Gasteiger partial charge in [-0.05, 0) is 24.6 Å². The van der Waals surface area contributed by atoms with Crippen molar-refractivity contribution in [3.63, 3.8) is 0 Å². The molecule has 0 spiro atoms. The molecule has 2 aromatic rings. The number of ketones is 1. The first-order chi connectivity index (χ1) is 10.7. The molecule has 2 rings (SSSR count). The van der Waals surface area contributed by atoms with Gasteiger partial charge in [-0.2, -0.15) is 13.2 Å². The molecular weight excluding hydrogens is 351 g/mol. The Labute approximate surface area is 139 Å². The molecule has 0 radical (unpaired) electrons. The lowest BCUT2D eigenvalue weighted by Crippen LogP contribution is -2.41. The van der Waals surface area contributed by atoms with Crippen LogP contribution in [0.3, 0.4) is 0 Å². The molecule has 1 aromatic heterocycles. The van der Waals surface area contributed by atoms with Gasteiger partial charge in [-0.15, -0.1) is 11.3 Å². The number of carbonyl (C=O) groups is 2. The normalized spacial score (nSPS) is 12.7. The van der Waals surface area contributed by atoms with Crippen LogP contribution in [0.5, 0.6) is 0 Å². The summed E-state index contributed by atoms with van der Waals surface area (Å²) in [4.78, 5) is 23.7. The SMILES string of the molecule is Cc1ccc(C(NC(=O)C(=O)c2ccc(Cl)s2)C(F)(F)F)cc1. The quantitative estimate of drug-likeness (QED) is 0.651. The maximum atomic E-state index is 13.2. The van der Waals surface area contributed by atoms with Crippen molar-refractivity contribution in [2.24, 2.45) is 0 Å². The first kappa shape index (κ1) is 17.5. The minimum Gasteiger partial charge on any atom is -0.334 e. The third-order valence-corrected chi connectivity index (χ3v) is 4.25. The van der Waals surface area contributed by atoms with Gasteiger partial charge in [0.15, 0.2) is 6.04 Å². The van der Waals surface area contributed by atoms with Gasteiger partial charge in [0.25, 0.3) is 11.7 Å². The third kappa shape index (κ3) is 4.33. The van der Waals surface area contributed by atoms with Crippen LogP contribution in [0.15, 0.2) is 36.4 Å². The molecule has 0 saturated carbocycles. The molecule has 1 atom stereocenters. The number of Topliss-reactive ketones (excluding diaryl/α,β-unsaturated/α-hetero) is 1. The number of alkyl halides is 3. The van der Waals surface area contributed by atoms with Crippen molar-refractivity contribution in [1.82, 2.24) is 5.32 Å². The molecule has 122 valence electrons. The predicted molar refractivity (Wildman–Crippen MR) is 81.8 cm³/mol. The molecule has 0 aliphatic rings. The summed E-state index contributed by atoms with van der Waals surface area (Å²) in [6.07, 6.45) is -4.72. The molecule has 0 saturated heterocycles. The van der Waals surface area contributed by atoms with Crippen molar-refractivity contribution < 1.29 is 22.8 Å². The summed E-state index contributed by atoms with van der Waals surface area (Å²) in [6, 6.07) is 5.97. The van der Waals surface area contributed by atoms with E-state index in [0.29, 0.717) is 0 Å². The van der Waals surface area contributed by atoms with Crippen molar-refractivity contribution in [2.45, 2.75) is 19.1 Å². The Bertz CT molecular complexity index is 725. The molecule has 0 fully saturated rings. The lowest BCUT2D eigenvalue weighted by molar-refractivity contribution is -0.162. The highest BCUT2D eigenvalue weighted by Crippen LogP contribution is 2.33. The highest BCUT2D eigenvalue weighted by molar-refractivity contribution is 7.18. The Kier molecular flexibility index (Phi) is 5.11. The highest BCUT2D eigenvalue weighted by Gasteiger charge is 2.42. The van der Waals surface area contributed by atoms with E-state index in [1.807, 2.05) is 0 Å². The Morgan fingerprint density at radius 3 is 2.22 bits per heavy atom. The fourth-order valence-electron chi connectivity index (χ4n) is 1.86. The second-order valence-electron chi connectivity index (χ2n) is 4.79. The number of amides is 1. The van der Waals surface area contributed by atoms with Gasteiger partial charge in [-0.1, -0.05) is 41.4 Å². The number of nitrogens with one attached hydrogen (secondary N) is 1. The predicted octanol–water partition coefficient (Wildman–Crippen LogP) is 4.31. The summed E-state index contributed by atoms with van der Waals surface area (Å²) in [5, 5.41) is 1.75. The second kappa shape index (κ2) is 6.72. The van der Waals surface area contributed by atoms with E-state index in [9.17, 15) is 22.8 Å². The average molecular weight is 362 g/mol. The van der Waals surface area contributed by atoms with E-state index in [2.05, 4.69) is 0 Å². The number of hydrogen-bond donors (Lipinski definition) is 1. The number of benzene rings is 1. The monoisotopic (exact) mass is 361 g/mol. The maximum Gasteiger partial charge on any atom is 0.412 e. The van der Waals surface area contributed by atoms with Crippen LogP contribution >= 0.6 is 22.9 Å². The van der Waals surface area contributed by atoms with E-state index in [1.165, 1.54) is 36.4 Å². The van der Waals surface area contributed by atoms with Crippen LogP contribution in [0, 0.1) is 6.92 Å². The number of carbonyl (C=O) groups excluding carboxylic acids is 2. The van der Waals surface area contributed by atoms with Crippen molar-refractivity contribution >= 4 is 34.6 Å². The zero-order valence-corrected chi connectivity index (χ0v) is 13.4. The molecule has 1 amide bonds. The molecule has 8 heteroatoms. The first-order valence-electron chi connectivity index (χ1n) is 6.42. The largest absolute Gasteiger partial charge is 0.412 e. The summed E-state index contributed by atoms with van der Waals surface area (Å²) in [7, 11) is 0. The van der Waals surface area contributed by atoms with E-state index in [1.54, 1.807) is 12.2 Å². The first-order valence-corrected chi connectivity index (χ1v) is 7.61.